The summed E-state index contributed by atoms with van der Waals surface area (Å²) in [5, 5.41) is 12.4. The Morgan fingerprint density at radius 1 is 0.517 bits per heavy atom. The van der Waals surface area contributed by atoms with Gasteiger partial charge in [-0.05, 0) is 99.1 Å². The van der Waals surface area contributed by atoms with Crippen molar-refractivity contribution in [1.82, 2.24) is 15.2 Å². The number of hydrogen-bond donors (Lipinski definition) is 2. The van der Waals surface area contributed by atoms with E-state index in [1.807, 2.05) is 0 Å². The lowest BCUT2D eigenvalue weighted by molar-refractivity contribution is 0.468. The third-order valence-electron chi connectivity index (χ3n) is 12.9. The topological polar surface area (TPSA) is 42.1 Å². The maximum absolute atomic E-state index is 6.65. The third-order valence-corrected chi connectivity index (χ3v) is 12.9. The zero-order valence-electron chi connectivity index (χ0n) is 33.4. The summed E-state index contributed by atoms with van der Waals surface area (Å²) in [6, 6.07) is 65.5. The predicted octanol–water partition coefficient (Wildman–Crippen LogP) is 13.8. The summed E-state index contributed by atoms with van der Waals surface area (Å²) in [6.45, 7) is 4.71. The van der Waals surface area contributed by atoms with Crippen molar-refractivity contribution in [2.24, 2.45) is 0 Å². The van der Waals surface area contributed by atoms with Crippen LogP contribution in [0.3, 0.4) is 0 Å². The largest absolute Gasteiger partial charge is 0.456 e. The lowest BCUT2D eigenvalue weighted by Crippen LogP contribution is -2.34. The van der Waals surface area contributed by atoms with Crippen LogP contribution in [0.25, 0.3) is 77.4 Å². The molecule has 286 valence electrons. The second kappa shape index (κ2) is 13.3. The van der Waals surface area contributed by atoms with Crippen molar-refractivity contribution in [3.8, 4) is 27.9 Å². The number of nitrogens with one attached hydrogen (secondary N) is 2. The van der Waals surface area contributed by atoms with Crippen molar-refractivity contribution < 1.29 is 4.42 Å². The van der Waals surface area contributed by atoms with E-state index in [0.717, 1.165) is 50.0 Å². The van der Waals surface area contributed by atoms with Gasteiger partial charge in [-0.3, -0.25) is 5.32 Å². The van der Waals surface area contributed by atoms with Crippen LogP contribution in [0.5, 0.6) is 0 Å². The monoisotopic (exact) mass is 771 g/mol. The van der Waals surface area contributed by atoms with Crippen molar-refractivity contribution in [1.29, 1.82) is 0 Å². The van der Waals surface area contributed by atoms with E-state index in [0.29, 0.717) is 0 Å². The molecule has 0 spiro atoms. The molecule has 1 aliphatic heterocycles. The lowest BCUT2D eigenvalue weighted by atomic mass is 9.82. The molecule has 1 aliphatic carbocycles. The summed E-state index contributed by atoms with van der Waals surface area (Å²) < 4.78 is 9.09. The number of nitrogens with zero attached hydrogens (tertiary/aromatic N) is 1. The zero-order valence-corrected chi connectivity index (χ0v) is 33.4. The lowest BCUT2D eigenvalue weighted by Gasteiger charge is -2.25. The van der Waals surface area contributed by atoms with Gasteiger partial charge in [0, 0.05) is 38.2 Å². The number of benzene rings is 8. The van der Waals surface area contributed by atoms with Crippen LogP contribution in [0.15, 0.2) is 198 Å². The predicted molar refractivity (Wildman–Crippen MR) is 247 cm³/mol. The van der Waals surface area contributed by atoms with Crippen molar-refractivity contribution in [2.45, 2.75) is 31.5 Å². The number of para-hydroxylation sites is 1. The van der Waals surface area contributed by atoms with E-state index in [-0.39, 0.29) is 17.6 Å². The average Bonchev–Trinajstić information content (AvgIpc) is 3.82. The molecule has 0 fully saturated rings. The maximum Gasteiger partial charge on any atom is 0.135 e. The van der Waals surface area contributed by atoms with Crippen LogP contribution < -0.4 is 10.6 Å². The molecule has 2 aromatic heterocycles. The molecular formula is C56H41N3O. The number of aromatic nitrogens is 1. The van der Waals surface area contributed by atoms with Gasteiger partial charge in [0.1, 0.15) is 17.3 Å². The summed E-state index contributed by atoms with van der Waals surface area (Å²) in [5.41, 5.74) is 20.9. The minimum Gasteiger partial charge on any atom is -0.456 e. The molecule has 2 N–H and O–H groups in total. The normalized spacial score (nSPS) is 16.8. The molecule has 4 heteroatoms. The number of rotatable bonds is 5. The average molecular weight is 772 g/mol. The molecule has 0 saturated carbocycles. The van der Waals surface area contributed by atoms with Crippen LogP contribution in [0.2, 0.25) is 0 Å². The van der Waals surface area contributed by atoms with E-state index < -0.39 is 0 Å². The van der Waals surface area contributed by atoms with Gasteiger partial charge in [0.15, 0.2) is 0 Å². The smallest absolute Gasteiger partial charge is 0.135 e. The third kappa shape index (κ3) is 5.43. The Morgan fingerprint density at radius 2 is 1.28 bits per heavy atom. The van der Waals surface area contributed by atoms with E-state index in [9.17, 15) is 0 Å². The standard InChI is InChI=1S/C56H41N3O/c1-56(2)47-22-11-9-20-41(47)44-33-45-42-21-10-12-23-51(42)59(52(45)34-48(44)56)40-25-29-53-46(32-40)43-26-24-39(31-54(43)60-53)50-28-27-49(57-55(58-50)36-16-7-4-8-17-36)38-19-13-18-37(30-38)35-14-5-3-6-15-35/h3-26,28-34,50,55,57-58H,1-2H3. The maximum atomic E-state index is 6.65. The van der Waals surface area contributed by atoms with Crippen LogP contribution >= 0.6 is 0 Å². The fourth-order valence-corrected chi connectivity index (χ4v) is 9.85. The van der Waals surface area contributed by atoms with Gasteiger partial charge in [-0.2, -0.15) is 0 Å². The highest BCUT2D eigenvalue weighted by atomic mass is 16.3. The highest BCUT2D eigenvalue weighted by molar-refractivity contribution is 6.12. The van der Waals surface area contributed by atoms with Crippen molar-refractivity contribution in [3.63, 3.8) is 0 Å². The van der Waals surface area contributed by atoms with Gasteiger partial charge in [0.05, 0.1) is 22.8 Å². The molecule has 0 radical (unpaired) electrons. The SMILES string of the molecule is CC1(C)c2ccccc2-c2cc3c4ccccc4n(-c4ccc5oc6cc(C7C=C=C(c8cccc(-c9ccccc9)c8)NC(c8ccccc8)N7)ccc6c5c4)c3cc21. The number of furan rings is 1. The molecule has 0 saturated heterocycles. The van der Waals surface area contributed by atoms with E-state index in [2.05, 4.69) is 223 Å². The van der Waals surface area contributed by atoms with Crippen LogP contribution in [-0.4, -0.2) is 4.57 Å². The Kier molecular flexibility index (Phi) is 7.71. The van der Waals surface area contributed by atoms with Gasteiger partial charge in [-0.15, -0.1) is 0 Å². The quantitative estimate of drug-likeness (QED) is 0.171. The molecule has 3 heterocycles. The Labute approximate surface area is 348 Å². The van der Waals surface area contributed by atoms with Gasteiger partial charge in [-0.25, -0.2) is 0 Å². The summed E-state index contributed by atoms with van der Waals surface area (Å²) in [7, 11) is 0. The molecule has 0 amide bonds. The van der Waals surface area contributed by atoms with E-state index >= 15 is 0 Å². The molecule has 8 aromatic carbocycles. The first kappa shape index (κ1) is 34.7. The van der Waals surface area contributed by atoms with Crippen molar-refractivity contribution >= 4 is 49.4 Å². The van der Waals surface area contributed by atoms with Gasteiger partial charge >= 0.3 is 0 Å². The van der Waals surface area contributed by atoms with Crippen LogP contribution in [-0.2, 0) is 5.41 Å². The molecular weight excluding hydrogens is 731 g/mol. The first-order chi connectivity index (χ1) is 29.5. The molecule has 0 bridgehead atoms. The molecule has 2 unspecified atom stereocenters. The molecule has 10 aromatic rings. The van der Waals surface area contributed by atoms with Crippen LogP contribution in [0.4, 0.5) is 0 Å². The van der Waals surface area contributed by atoms with E-state index in [1.54, 1.807) is 0 Å². The van der Waals surface area contributed by atoms with E-state index in [4.69, 9.17) is 4.42 Å². The fraction of sp³-hybridized carbons (Fsp3) is 0.0893. The molecule has 2 atom stereocenters. The Balaban J connectivity index is 0.956. The second-order valence-corrected chi connectivity index (χ2v) is 16.7. The van der Waals surface area contributed by atoms with Crippen LogP contribution in [0.1, 0.15) is 53.9 Å². The van der Waals surface area contributed by atoms with Crippen LogP contribution in [0, 0.1) is 0 Å². The van der Waals surface area contributed by atoms with Crippen molar-refractivity contribution in [3.05, 3.63) is 222 Å². The summed E-state index contributed by atoms with van der Waals surface area (Å²) >= 11 is 0. The zero-order chi connectivity index (χ0) is 40.0. The molecule has 4 nitrogen and oxygen atoms in total. The summed E-state index contributed by atoms with van der Waals surface area (Å²) in [6.07, 6.45) is 1.99. The van der Waals surface area contributed by atoms with Gasteiger partial charge in [0.25, 0.3) is 0 Å². The Hall–Kier alpha value is -7.36. The highest BCUT2D eigenvalue weighted by Crippen LogP contribution is 2.51. The first-order valence-corrected chi connectivity index (χ1v) is 20.8. The Bertz CT molecular complexity index is 3400. The van der Waals surface area contributed by atoms with Gasteiger partial charge in [0.2, 0.25) is 0 Å². The van der Waals surface area contributed by atoms with Gasteiger partial charge in [-0.1, -0.05) is 153 Å². The summed E-state index contributed by atoms with van der Waals surface area (Å²) in [5.74, 6) is 0. The van der Waals surface area contributed by atoms with Crippen molar-refractivity contribution in [2.75, 3.05) is 0 Å². The molecule has 12 rings (SSSR count). The Morgan fingerprint density at radius 3 is 2.17 bits per heavy atom. The fourth-order valence-electron chi connectivity index (χ4n) is 9.85. The number of hydrogen-bond acceptors (Lipinski definition) is 3. The minimum atomic E-state index is -0.154. The van der Waals surface area contributed by atoms with E-state index in [1.165, 1.54) is 55.2 Å². The molecule has 2 aliphatic rings. The molecule has 60 heavy (non-hydrogen) atoms. The van der Waals surface area contributed by atoms with Gasteiger partial charge < -0.3 is 14.3 Å². The summed E-state index contributed by atoms with van der Waals surface area (Å²) in [4.78, 5) is 0. The first-order valence-electron chi connectivity index (χ1n) is 20.8. The highest BCUT2D eigenvalue weighted by Gasteiger charge is 2.36. The number of fused-ring (bicyclic) bond motifs is 9. The minimum absolute atomic E-state index is 0.0901. The second-order valence-electron chi connectivity index (χ2n) is 16.7.